The average Bonchev–Trinajstić information content (AvgIpc) is 2.84. The van der Waals surface area contributed by atoms with Crippen LogP contribution in [0.5, 0.6) is 0 Å². The first-order valence-electron chi connectivity index (χ1n) is 5.75. The van der Waals surface area contributed by atoms with Gasteiger partial charge in [-0.05, 0) is 12.8 Å². The highest BCUT2D eigenvalue weighted by atomic mass is 16.3. The monoisotopic (exact) mass is 241 g/mol. The molecule has 0 aliphatic carbocycles. The van der Waals surface area contributed by atoms with Crippen LogP contribution in [0.2, 0.25) is 0 Å². The number of aromatic nitrogens is 1. The highest BCUT2D eigenvalue weighted by molar-refractivity contribution is 5.92. The molecule has 0 bridgehead atoms. The lowest BCUT2D eigenvalue weighted by atomic mass is 10.2. The summed E-state index contributed by atoms with van der Waals surface area (Å²) in [5.74, 6) is -0.110. The smallest absolute Gasteiger partial charge is 0.273 e. The van der Waals surface area contributed by atoms with Crippen molar-refractivity contribution in [3.05, 3.63) is 17.8 Å². The molecule has 0 aliphatic rings. The Morgan fingerprint density at radius 2 is 2.24 bits per heavy atom. The first-order valence-corrected chi connectivity index (χ1v) is 5.75. The molecule has 0 aliphatic heterocycles. The Labute approximate surface area is 100 Å². The zero-order valence-electron chi connectivity index (χ0n) is 10.1. The van der Waals surface area contributed by atoms with Crippen molar-refractivity contribution < 1.29 is 14.3 Å². The van der Waals surface area contributed by atoms with Crippen molar-refractivity contribution in [2.75, 3.05) is 6.61 Å². The molecule has 6 heteroatoms. The molecule has 1 aromatic rings. The zero-order valence-corrected chi connectivity index (χ0v) is 10.1. The number of aliphatic hydroxyl groups is 1. The van der Waals surface area contributed by atoms with E-state index in [0.717, 1.165) is 12.8 Å². The second-order valence-electron chi connectivity index (χ2n) is 3.85. The molecule has 6 nitrogen and oxygen atoms in total. The van der Waals surface area contributed by atoms with Gasteiger partial charge in [-0.25, -0.2) is 4.98 Å². The molecular weight excluding hydrogens is 222 g/mol. The van der Waals surface area contributed by atoms with Gasteiger partial charge in [0.25, 0.3) is 5.91 Å². The fraction of sp³-hybridized carbons (Fsp3) is 0.636. The summed E-state index contributed by atoms with van der Waals surface area (Å²) in [6, 6.07) is -0.557. The van der Waals surface area contributed by atoms with E-state index in [1.807, 2.05) is 13.8 Å². The Bertz CT molecular complexity index is 361. The number of nitrogens with one attached hydrogen (secondary N) is 1. The molecule has 0 fully saturated rings. The average molecular weight is 241 g/mol. The van der Waals surface area contributed by atoms with Crippen molar-refractivity contribution >= 4 is 5.91 Å². The van der Waals surface area contributed by atoms with Crippen LogP contribution in [0.3, 0.4) is 0 Å². The molecule has 0 saturated carbocycles. The molecule has 1 heterocycles. The van der Waals surface area contributed by atoms with E-state index in [0.29, 0.717) is 0 Å². The van der Waals surface area contributed by atoms with Gasteiger partial charge in [-0.2, -0.15) is 0 Å². The minimum atomic E-state index is -0.690. The van der Waals surface area contributed by atoms with E-state index in [2.05, 4.69) is 10.3 Å². The van der Waals surface area contributed by atoms with Crippen LogP contribution in [0, 0.1) is 0 Å². The van der Waals surface area contributed by atoms with Gasteiger partial charge in [0.2, 0.25) is 5.89 Å². The van der Waals surface area contributed by atoms with Gasteiger partial charge in [0.05, 0.1) is 6.61 Å². The number of nitrogens with two attached hydrogens (primary N) is 1. The lowest BCUT2D eigenvalue weighted by molar-refractivity contribution is 0.0929. The van der Waals surface area contributed by atoms with E-state index in [1.165, 1.54) is 6.26 Å². The van der Waals surface area contributed by atoms with Crippen LogP contribution < -0.4 is 11.1 Å². The Balaban J connectivity index is 2.66. The Morgan fingerprint density at radius 1 is 1.59 bits per heavy atom. The van der Waals surface area contributed by atoms with E-state index in [4.69, 9.17) is 15.3 Å². The molecule has 0 aromatic carbocycles. The number of hydrogen-bond donors (Lipinski definition) is 3. The maximum absolute atomic E-state index is 11.8. The third-order valence-electron chi connectivity index (χ3n) is 2.59. The minimum absolute atomic E-state index is 0.133. The number of oxazole rings is 1. The second-order valence-corrected chi connectivity index (χ2v) is 3.85. The van der Waals surface area contributed by atoms with E-state index in [1.54, 1.807) is 0 Å². The van der Waals surface area contributed by atoms with E-state index in [-0.39, 0.29) is 30.1 Å². The second kappa shape index (κ2) is 6.36. The van der Waals surface area contributed by atoms with Crippen LogP contribution in [0.15, 0.2) is 10.7 Å². The van der Waals surface area contributed by atoms with Crippen molar-refractivity contribution in [2.24, 2.45) is 5.73 Å². The molecular formula is C11H19N3O3. The lowest BCUT2D eigenvalue weighted by Gasteiger charge is -2.12. The van der Waals surface area contributed by atoms with Crippen LogP contribution in [0.4, 0.5) is 0 Å². The van der Waals surface area contributed by atoms with Gasteiger partial charge in [-0.15, -0.1) is 0 Å². The maximum atomic E-state index is 11.8. The lowest BCUT2D eigenvalue weighted by Crippen LogP contribution is -2.34. The summed E-state index contributed by atoms with van der Waals surface area (Å²) in [5.41, 5.74) is 5.71. The molecule has 0 saturated heterocycles. The number of rotatable bonds is 6. The molecule has 1 unspecified atom stereocenters. The molecule has 0 radical (unpaired) electrons. The van der Waals surface area contributed by atoms with E-state index >= 15 is 0 Å². The summed E-state index contributed by atoms with van der Waals surface area (Å²) in [7, 11) is 0. The first kappa shape index (κ1) is 13.7. The molecule has 1 amide bonds. The SMILES string of the molecule is CCC(CC)NC(=O)c1coc(C(N)CO)n1. The van der Waals surface area contributed by atoms with Gasteiger partial charge >= 0.3 is 0 Å². The number of amides is 1. The Morgan fingerprint density at radius 3 is 2.76 bits per heavy atom. The molecule has 1 aromatic heterocycles. The van der Waals surface area contributed by atoms with Gasteiger partial charge < -0.3 is 20.6 Å². The van der Waals surface area contributed by atoms with Gasteiger partial charge in [0.15, 0.2) is 5.69 Å². The number of carbonyl (C=O) groups excluding carboxylic acids is 1. The maximum Gasteiger partial charge on any atom is 0.273 e. The van der Waals surface area contributed by atoms with Gasteiger partial charge in [0, 0.05) is 6.04 Å². The van der Waals surface area contributed by atoms with E-state index in [9.17, 15) is 4.79 Å². The van der Waals surface area contributed by atoms with Crippen molar-refractivity contribution in [2.45, 2.75) is 38.8 Å². The fourth-order valence-corrected chi connectivity index (χ4v) is 1.39. The Hall–Kier alpha value is -1.40. The number of carbonyl (C=O) groups is 1. The molecule has 1 atom stereocenters. The third kappa shape index (κ3) is 3.54. The fourth-order valence-electron chi connectivity index (χ4n) is 1.39. The van der Waals surface area contributed by atoms with Crippen LogP contribution in [-0.4, -0.2) is 28.6 Å². The number of nitrogens with zero attached hydrogens (tertiary/aromatic N) is 1. The standard InChI is InChI=1S/C11H19N3O3/c1-3-7(4-2)13-10(16)9-6-17-11(14-9)8(12)5-15/h6-8,15H,3-5,12H2,1-2H3,(H,13,16). The largest absolute Gasteiger partial charge is 0.446 e. The predicted molar refractivity (Wildman–Crippen MR) is 62.4 cm³/mol. The summed E-state index contributed by atoms with van der Waals surface area (Å²) in [4.78, 5) is 15.7. The summed E-state index contributed by atoms with van der Waals surface area (Å²) in [5, 5.41) is 11.7. The van der Waals surface area contributed by atoms with Crippen LogP contribution in [0.1, 0.15) is 49.1 Å². The van der Waals surface area contributed by atoms with Crippen molar-refractivity contribution in [1.29, 1.82) is 0 Å². The molecule has 1 rings (SSSR count). The van der Waals surface area contributed by atoms with Gasteiger partial charge in [-0.3, -0.25) is 4.79 Å². The first-order chi connectivity index (χ1) is 8.12. The normalized spacial score (nSPS) is 12.8. The zero-order chi connectivity index (χ0) is 12.8. The van der Waals surface area contributed by atoms with Gasteiger partial charge in [-0.1, -0.05) is 13.8 Å². The van der Waals surface area contributed by atoms with Crippen molar-refractivity contribution in [1.82, 2.24) is 10.3 Å². The van der Waals surface area contributed by atoms with Crippen molar-refractivity contribution in [3.8, 4) is 0 Å². The topological polar surface area (TPSA) is 101 Å². The molecule has 0 spiro atoms. The highest BCUT2D eigenvalue weighted by Gasteiger charge is 2.17. The highest BCUT2D eigenvalue weighted by Crippen LogP contribution is 2.10. The quantitative estimate of drug-likeness (QED) is 0.676. The summed E-state index contributed by atoms with van der Waals surface area (Å²) < 4.78 is 5.03. The van der Waals surface area contributed by atoms with Crippen molar-refractivity contribution in [3.63, 3.8) is 0 Å². The number of hydrogen-bond acceptors (Lipinski definition) is 5. The molecule has 96 valence electrons. The predicted octanol–water partition coefficient (Wildman–Crippen LogP) is 0.585. The third-order valence-corrected chi connectivity index (χ3v) is 2.59. The molecule has 4 N–H and O–H groups in total. The number of aliphatic hydroxyl groups excluding tert-OH is 1. The Kier molecular flexibility index (Phi) is 5.11. The van der Waals surface area contributed by atoms with Crippen LogP contribution >= 0.6 is 0 Å². The summed E-state index contributed by atoms with van der Waals surface area (Å²) in [6.45, 7) is 3.74. The summed E-state index contributed by atoms with van der Waals surface area (Å²) in [6.07, 6.45) is 2.98. The van der Waals surface area contributed by atoms with Crippen LogP contribution in [-0.2, 0) is 0 Å². The summed E-state index contributed by atoms with van der Waals surface area (Å²) >= 11 is 0. The minimum Gasteiger partial charge on any atom is -0.446 e. The van der Waals surface area contributed by atoms with Gasteiger partial charge in [0.1, 0.15) is 12.3 Å². The molecule has 17 heavy (non-hydrogen) atoms. The van der Waals surface area contributed by atoms with E-state index < -0.39 is 6.04 Å². The van der Waals surface area contributed by atoms with Crippen LogP contribution in [0.25, 0.3) is 0 Å².